The third kappa shape index (κ3) is 2.54. The van der Waals surface area contributed by atoms with Crippen molar-refractivity contribution in [3.63, 3.8) is 0 Å². The molecule has 0 saturated heterocycles. The summed E-state index contributed by atoms with van der Waals surface area (Å²) in [7, 11) is 3.80. The van der Waals surface area contributed by atoms with Crippen LogP contribution in [0.1, 0.15) is 36.9 Å². The van der Waals surface area contributed by atoms with Crippen LogP contribution in [0.15, 0.2) is 17.9 Å². The van der Waals surface area contributed by atoms with Crippen LogP contribution in [0.4, 0.5) is 0 Å². The number of rotatable bonds is 4. The second kappa shape index (κ2) is 5.91. The van der Waals surface area contributed by atoms with Gasteiger partial charge in [0.25, 0.3) is 0 Å². The molecule has 8 heteroatoms. The van der Waals surface area contributed by atoms with Gasteiger partial charge in [0.2, 0.25) is 11.6 Å². The van der Waals surface area contributed by atoms with Crippen molar-refractivity contribution in [2.75, 3.05) is 14.2 Å². The van der Waals surface area contributed by atoms with Crippen LogP contribution in [0.3, 0.4) is 0 Å². The van der Waals surface area contributed by atoms with Crippen LogP contribution < -0.4 is 0 Å². The highest BCUT2D eigenvalue weighted by Gasteiger charge is 2.37. The summed E-state index contributed by atoms with van der Waals surface area (Å²) in [6.07, 6.45) is 2.95. The number of esters is 1. The Morgan fingerprint density at radius 2 is 1.91 bits per heavy atom. The number of carboxylic acid groups (broad SMARTS) is 1. The van der Waals surface area contributed by atoms with Gasteiger partial charge < -0.3 is 19.1 Å². The number of Topliss-reactive ketones (excluding diaryl/α,β-unsaturated/α-hetero) is 1. The van der Waals surface area contributed by atoms with Crippen LogP contribution in [0, 0.1) is 0 Å². The van der Waals surface area contributed by atoms with Gasteiger partial charge in [0.05, 0.1) is 31.0 Å². The second-order valence-electron chi connectivity index (χ2n) is 4.61. The van der Waals surface area contributed by atoms with Gasteiger partial charge in [-0.25, -0.2) is 9.59 Å². The predicted molar refractivity (Wildman–Crippen MR) is 77.2 cm³/mol. The Balaban J connectivity index is 2.81. The van der Waals surface area contributed by atoms with E-state index in [0.29, 0.717) is 0 Å². The molecular weight excluding hydrogens is 306 g/mol. The summed E-state index contributed by atoms with van der Waals surface area (Å²) in [5, 5.41) is 8.76. The van der Waals surface area contributed by atoms with E-state index in [1.165, 1.54) is 18.7 Å². The molecule has 8 nitrogen and oxygen atoms in total. The van der Waals surface area contributed by atoms with Gasteiger partial charge in [0.1, 0.15) is 5.69 Å². The van der Waals surface area contributed by atoms with Crippen molar-refractivity contribution in [3.8, 4) is 0 Å². The number of carboxylic acids is 1. The Kier molecular flexibility index (Phi) is 4.17. The van der Waals surface area contributed by atoms with Crippen molar-refractivity contribution in [2.24, 2.45) is 7.05 Å². The fourth-order valence-corrected chi connectivity index (χ4v) is 2.39. The summed E-state index contributed by atoms with van der Waals surface area (Å²) in [6, 6.07) is 0. The molecule has 0 spiro atoms. The van der Waals surface area contributed by atoms with Crippen molar-refractivity contribution in [1.29, 1.82) is 0 Å². The topological polar surface area (TPSA) is 112 Å². The van der Waals surface area contributed by atoms with Crippen molar-refractivity contribution in [2.45, 2.75) is 0 Å². The molecule has 2 rings (SSSR count). The molecule has 1 N–H and O–H groups in total. The van der Waals surface area contributed by atoms with Crippen LogP contribution in [0.25, 0.3) is 6.08 Å². The lowest BCUT2D eigenvalue weighted by atomic mass is 9.96. The first-order valence-electron chi connectivity index (χ1n) is 6.40. The first kappa shape index (κ1) is 16.2. The summed E-state index contributed by atoms with van der Waals surface area (Å²) in [4.78, 5) is 47.4. The van der Waals surface area contributed by atoms with Crippen LogP contribution in [-0.4, -0.2) is 47.4 Å². The Hall–Kier alpha value is -3.16. The first-order valence-corrected chi connectivity index (χ1v) is 6.40. The average Bonchev–Trinajstić information content (AvgIpc) is 2.81. The summed E-state index contributed by atoms with van der Waals surface area (Å²) in [6.45, 7) is 0. The molecule has 1 heterocycles. The van der Waals surface area contributed by atoms with Crippen LogP contribution in [0.2, 0.25) is 0 Å². The average molecular weight is 319 g/mol. The molecule has 0 fully saturated rings. The largest absolute Gasteiger partial charge is 0.492 e. The molecule has 23 heavy (non-hydrogen) atoms. The molecule has 0 bridgehead atoms. The highest BCUT2D eigenvalue weighted by atomic mass is 16.5. The van der Waals surface area contributed by atoms with E-state index in [4.69, 9.17) is 9.84 Å². The Morgan fingerprint density at radius 3 is 2.43 bits per heavy atom. The number of carbonyl (C=O) groups is 4. The molecule has 120 valence electrons. The minimum Gasteiger partial charge on any atom is -0.492 e. The normalized spacial score (nSPS) is 13.8. The fourth-order valence-electron chi connectivity index (χ4n) is 2.39. The van der Waals surface area contributed by atoms with E-state index in [1.54, 1.807) is 0 Å². The number of carbonyl (C=O) groups excluding carboxylic acids is 3. The smallest absolute Gasteiger partial charge is 0.340 e. The fraction of sp³-hybridized carbons (Fsp3) is 0.200. The standard InChI is InChI=1S/C15H13NO7/c1-16-7(4-5-10(18)19)11(15(21)23-3)12-13(16)8(17)6-9(22-2)14(12)20/h4-6H,1-3H3,(H,18,19). The number of aromatic nitrogens is 1. The highest BCUT2D eigenvalue weighted by Crippen LogP contribution is 2.31. The zero-order valence-corrected chi connectivity index (χ0v) is 12.6. The molecule has 0 aliphatic heterocycles. The summed E-state index contributed by atoms with van der Waals surface area (Å²) < 4.78 is 10.8. The van der Waals surface area contributed by atoms with Crippen LogP contribution >= 0.6 is 0 Å². The highest BCUT2D eigenvalue weighted by molar-refractivity contribution is 6.27. The van der Waals surface area contributed by atoms with Crippen LogP contribution in [0.5, 0.6) is 0 Å². The number of ketones is 2. The van der Waals surface area contributed by atoms with Crippen molar-refractivity contribution >= 4 is 29.6 Å². The lowest BCUT2D eigenvalue weighted by molar-refractivity contribution is -0.131. The number of aliphatic carboxylic acids is 1. The number of allylic oxidation sites excluding steroid dienone is 2. The third-order valence-corrected chi connectivity index (χ3v) is 3.38. The minimum atomic E-state index is -1.24. The zero-order valence-electron chi connectivity index (χ0n) is 12.6. The van der Waals surface area contributed by atoms with E-state index >= 15 is 0 Å². The molecule has 1 aliphatic carbocycles. The lowest BCUT2D eigenvalue weighted by Crippen LogP contribution is -2.21. The molecule has 0 saturated carbocycles. The number of hydrogen-bond acceptors (Lipinski definition) is 6. The van der Waals surface area contributed by atoms with Crippen molar-refractivity contribution < 1.29 is 33.8 Å². The SMILES string of the molecule is COC(=O)c1c2c(n(C)c1C=CC(=O)O)C(=O)C=C(OC)C2=O. The van der Waals surface area contributed by atoms with Gasteiger partial charge in [-0.1, -0.05) is 0 Å². The van der Waals surface area contributed by atoms with E-state index in [0.717, 1.165) is 25.3 Å². The quantitative estimate of drug-likeness (QED) is 0.645. The predicted octanol–water partition coefficient (Wildman–Crippen LogP) is 0.819. The maximum Gasteiger partial charge on any atom is 0.340 e. The molecule has 1 aromatic heterocycles. The van der Waals surface area contributed by atoms with Gasteiger partial charge in [-0.2, -0.15) is 0 Å². The number of fused-ring (bicyclic) bond motifs is 1. The first-order chi connectivity index (χ1) is 10.8. The van der Waals surface area contributed by atoms with Gasteiger partial charge in [-0.3, -0.25) is 9.59 Å². The van der Waals surface area contributed by atoms with E-state index in [2.05, 4.69) is 4.74 Å². The molecule has 1 aromatic rings. The van der Waals surface area contributed by atoms with Gasteiger partial charge in [-0.05, 0) is 6.08 Å². The number of ether oxygens (including phenoxy) is 2. The Bertz CT molecular complexity index is 795. The van der Waals surface area contributed by atoms with Crippen molar-refractivity contribution in [1.82, 2.24) is 4.57 Å². The van der Waals surface area contributed by atoms with Gasteiger partial charge in [-0.15, -0.1) is 0 Å². The van der Waals surface area contributed by atoms with E-state index < -0.39 is 23.5 Å². The second-order valence-corrected chi connectivity index (χ2v) is 4.61. The zero-order chi connectivity index (χ0) is 17.3. The Morgan fingerprint density at radius 1 is 1.26 bits per heavy atom. The molecule has 0 amide bonds. The number of nitrogens with zero attached hydrogens (tertiary/aromatic N) is 1. The van der Waals surface area contributed by atoms with Gasteiger partial charge in [0, 0.05) is 19.2 Å². The lowest BCUT2D eigenvalue weighted by Gasteiger charge is -2.12. The van der Waals surface area contributed by atoms with Crippen LogP contribution in [-0.2, 0) is 21.3 Å². The summed E-state index contributed by atoms with van der Waals surface area (Å²) in [5.41, 5.74) is -0.282. The van der Waals surface area contributed by atoms with E-state index in [-0.39, 0.29) is 28.3 Å². The van der Waals surface area contributed by atoms with E-state index in [9.17, 15) is 19.2 Å². The molecule has 1 aliphatic rings. The van der Waals surface area contributed by atoms with Crippen molar-refractivity contribution in [3.05, 3.63) is 40.4 Å². The minimum absolute atomic E-state index is 0.0266. The monoisotopic (exact) mass is 319 g/mol. The third-order valence-electron chi connectivity index (χ3n) is 3.38. The van der Waals surface area contributed by atoms with E-state index in [1.807, 2.05) is 0 Å². The summed E-state index contributed by atoms with van der Waals surface area (Å²) in [5.74, 6) is -3.47. The molecule has 0 atom stereocenters. The van der Waals surface area contributed by atoms with Gasteiger partial charge in [0.15, 0.2) is 5.76 Å². The molecule has 0 unspecified atom stereocenters. The maximum atomic E-state index is 12.4. The number of hydrogen-bond donors (Lipinski definition) is 1. The Labute approximate surface area is 130 Å². The summed E-state index contributed by atoms with van der Waals surface area (Å²) >= 11 is 0. The maximum absolute atomic E-state index is 12.4. The molecular formula is C15H13NO7. The number of methoxy groups -OCH3 is 2. The van der Waals surface area contributed by atoms with Gasteiger partial charge >= 0.3 is 11.9 Å². The molecule has 0 radical (unpaired) electrons. The molecule has 0 aromatic carbocycles.